The van der Waals surface area contributed by atoms with Crippen LogP contribution >= 0.6 is 12.4 Å². The Morgan fingerprint density at radius 2 is 1.94 bits per heavy atom. The van der Waals surface area contributed by atoms with E-state index in [2.05, 4.69) is 14.7 Å². The van der Waals surface area contributed by atoms with Crippen LogP contribution in [0.2, 0.25) is 0 Å². The van der Waals surface area contributed by atoms with Crippen molar-refractivity contribution in [1.29, 1.82) is 0 Å². The van der Waals surface area contributed by atoms with Crippen LogP contribution in [0, 0.1) is 6.92 Å². The smallest absolute Gasteiger partial charge is 0.356 e. The Labute approximate surface area is 105 Å². The predicted octanol–water partition coefficient (Wildman–Crippen LogP) is 2.59. The zero-order chi connectivity index (χ0) is 11.5. The molecule has 2 rings (SSSR count). The lowest BCUT2D eigenvalue weighted by atomic mass is 10.1. The molecule has 0 aliphatic heterocycles. The van der Waals surface area contributed by atoms with Gasteiger partial charge in [-0.15, -0.1) is 12.4 Å². The Morgan fingerprint density at radius 3 is 2.53 bits per heavy atom. The fraction of sp³-hybridized carbons (Fsp3) is 0.167. The summed E-state index contributed by atoms with van der Waals surface area (Å²) in [5, 5.41) is 0. The Morgan fingerprint density at radius 1 is 1.29 bits per heavy atom. The molecule has 1 heterocycles. The molecule has 1 N–H and O–H groups in total. The second kappa shape index (κ2) is 5.50. The highest BCUT2D eigenvalue weighted by Crippen LogP contribution is 2.16. The molecule has 0 bridgehead atoms. The first-order chi connectivity index (χ1) is 7.70. The number of rotatable bonds is 2. The van der Waals surface area contributed by atoms with Gasteiger partial charge >= 0.3 is 5.97 Å². The number of aryl methyl sites for hydroxylation is 1. The van der Waals surface area contributed by atoms with E-state index in [1.54, 1.807) is 0 Å². The van der Waals surface area contributed by atoms with Gasteiger partial charge in [-0.05, 0) is 6.92 Å². The number of methoxy groups -OCH3 is 1. The van der Waals surface area contributed by atoms with Crippen molar-refractivity contribution in [3.8, 4) is 11.4 Å². The van der Waals surface area contributed by atoms with Crippen LogP contribution in [-0.2, 0) is 4.74 Å². The normalized spacial score (nSPS) is 9.53. The molecule has 0 spiro atoms. The molecule has 1 aromatic carbocycles. The second-order valence-electron chi connectivity index (χ2n) is 3.50. The molecular formula is C12H13ClN2O2. The van der Waals surface area contributed by atoms with Crippen molar-refractivity contribution in [3.63, 3.8) is 0 Å². The number of benzene rings is 1. The summed E-state index contributed by atoms with van der Waals surface area (Å²) in [5.74, 6) is 0.256. The van der Waals surface area contributed by atoms with Gasteiger partial charge in [0.15, 0.2) is 0 Å². The highest BCUT2D eigenvalue weighted by molar-refractivity contribution is 5.87. The number of hydrogen-bond donors (Lipinski definition) is 1. The molecule has 0 saturated carbocycles. The molecule has 0 unspecified atom stereocenters. The van der Waals surface area contributed by atoms with Gasteiger partial charge in [-0.3, -0.25) is 0 Å². The SMILES string of the molecule is COC(=O)c1cnc(-c2ccc(C)cc2)[nH]1.Cl. The molecule has 0 atom stereocenters. The van der Waals surface area contributed by atoms with E-state index in [0.717, 1.165) is 5.56 Å². The van der Waals surface area contributed by atoms with Gasteiger partial charge in [0, 0.05) is 5.56 Å². The third-order valence-electron chi connectivity index (χ3n) is 2.31. The summed E-state index contributed by atoms with van der Waals surface area (Å²) in [6, 6.07) is 7.90. The lowest BCUT2D eigenvalue weighted by molar-refractivity contribution is 0.0595. The van der Waals surface area contributed by atoms with Crippen LogP contribution in [-0.4, -0.2) is 23.0 Å². The molecule has 0 aliphatic carbocycles. The van der Waals surface area contributed by atoms with E-state index in [0.29, 0.717) is 11.5 Å². The van der Waals surface area contributed by atoms with Crippen LogP contribution in [0.3, 0.4) is 0 Å². The first kappa shape index (κ1) is 13.3. The van der Waals surface area contributed by atoms with E-state index in [-0.39, 0.29) is 12.4 Å². The zero-order valence-electron chi connectivity index (χ0n) is 9.56. The van der Waals surface area contributed by atoms with Gasteiger partial charge in [0.2, 0.25) is 0 Å². The van der Waals surface area contributed by atoms with Crippen LogP contribution in [0.1, 0.15) is 16.1 Å². The standard InChI is InChI=1S/C12H12N2O2.ClH/c1-8-3-5-9(6-4-8)11-13-7-10(14-11)12(15)16-2;/h3-7H,1-2H3,(H,13,14);1H. The zero-order valence-corrected chi connectivity index (χ0v) is 10.4. The predicted molar refractivity (Wildman–Crippen MR) is 67.3 cm³/mol. The van der Waals surface area contributed by atoms with Crippen LogP contribution in [0.25, 0.3) is 11.4 Å². The quantitative estimate of drug-likeness (QED) is 0.836. The molecule has 0 amide bonds. The Bertz CT molecular complexity index is 505. The van der Waals surface area contributed by atoms with Crippen molar-refractivity contribution in [3.05, 3.63) is 41.7 Å². The van der Waals surface area contributed by atoms with Gasteiger partial charge in [0.1, 0.15) is 11.5 Å². The molecule has 17 heavy (non-hydrogen) atoms. The van der Waals surface area contributed by atoms with Gasteiger partial charge < -0.3 is 9.72 Å². The molecule has 90 valence electrons. The second-order valence-corrected chi connectivity index (χ2v) is 3.50. The van der Waals surface area contributed by atoms with E-state index in [4.69, 9.17) is 0 Å². The first-order valence-electron chi connectivity index (χ1n) is 4.91. The van der Waals surface area contributed by atoms with E-state index < -0.39 is 5.97 Å². The number of imidazole rings is 1. The minimum absolute atomic E-state index is 0. The van der Waals surface area contributed by atoms with Gasteiger partial charge in [-0.2, -0.15) is 0 Å². The van der Waals surface area contributed by atoms with E-state index >= 15 is 0 Å². The molecule has 0 aliphatic rings. The molecule has 5 heteroatoms. The number of hydrogen-bond acceptors (Lipinski definition) is 3. The average Bonchev–Trinajstić information content (AvgIpc) is 2.78. The van der Waals surface area contributed by atoms with Gasteiger partial charge in [0.05, 0.1) is 13.3 Å². The van der Waals surface area contributed by atoms with E-state index in [1.165, 1.54) is 18.9 Å². The number of carbonyl (C=O) groups excluding carboxylic acids is 1. The summed E-state index contributed by atoms with van der Waals surface area (Å²) >= 11 is 0. The minimum Gasteiger partial charge on any atom is -0.464 e. The summed E-state index contributed by atoms with van der Waals surface area (Å²) in [5.41, 5.74) is 2.49. The molecule has 0 radical (unpaired) electrons. The van der Waals surface area contributed by atoms with Gasteiger partial charge in [-0.1, -0.05) is 29.8 Å². The number of aromatic nitrogens is 2. The summed E-state index contributed by atoms with van der Waals surface area (Å²) in [6.07, 6.45) is 1.47. The number of nitrogens with zero attached hydrogens (tertiary/aromatic N) is 1. The third kappa shape index (κ3) is 2.85. The van der Waals surface area contributed by atoms with E-state index in [1.807, 2.05) is 31.2 Å². The highest BCUT2D eigenvalue weighted by Gasteiger charge is 2.09. The topological polar surface area (TPSA) is 55.0 Å². The number of nitrogens with one attached hydrogen (secondary N) is 1. The Balaban J connectivity index is 0.00000144. The molecule has 2 aromatic rings. The average molecular weight is 253 g/mol. The number of halogens is 1. The Kier molecular flexibility index (Phi) is 4.29. The third-order valence-corrected chi connectivity index (χ3v) is 2.31. The highest BCUT2D eigenvalue weighted by atomic mass is 35.5. The molecule has 0 fully saturated rings. The maximum atomic E-state index is 11.2. The number of aromatic amines is 1. The number of esters is 1. The van der Waals surface area contributed by atoms with Crippen molar-refractivity contribution in [2.75, 3.05) is 7.11 Å². The number of carbonyl (C=O) groups is 1. The van der Waals surface area contributed by atoms with Crippen molar-refractivity contribution in [2.24, 2.45) is 0 Å². The van der Waals surface area contributed by atoms with Crippen molar-refractivity contribution in [2.45, 2.75) is 6.92 Å². The maximum Gasteiger partial charge on any atom is 0.356 e. The van der Waals surface area contributed by atoms with E-state index in [9.17, 15) is 4.79 Å². The molecular weight excluding hydrogens is 240 g/mol. The summed E-state index contributed by atoms with van der Waals surface area (Å²) in [7, 11) is 1.34. The summed E-state index contributed by atoms with van der Waals surface area (Å²) < 4.78 is 4.59. The first-order valence-corrected chi connectivity index (χ1v) is 4.91. The lowest BCUT2D eigenvalue weighted by Gasteiger charge is -1.97. The molecule has 4 nitrogen and oxygen atoms in total. The van der Waals surface area contributed by atoms with Crippen molar-refractivity contribution < 1.29 is 9.53 Å². The van der Waals surface area contributed by atoms with Gasteiger partial charge in [0.25, 0.3) is 0 Å². The van der Waals surface area contributed by atoms with Gasteiger partial charge in [-0.25, -0.2) is 9.78 Å². The van der Waals surface area contributed by atoms with Crippen LogP contribution < -0.4 is 0 Å². The van der Waals surface area contributed by atoms with Crippen LogP contribution in [0.15, 0.2) is 30.5 Å². The maximum absolute atomic E-state index is 11.2. The number of ether oxygens (including phenoxy) is 1. The lowest BCUT2D eigenvalue weighted by Crippen LogP contribution is -2.00. The van der Waals surface area contributed by atoms with Crippen molar-refractivity contribution in [1.82, 2.24) is 9.97 Å². The molecule has 0 saturated heterocycles. The minimum atomic E-state index is -0.411. The van der Waals surface area contributed by atoms with Crippen LogP contribution in [0.4, 0.5) is 0 Å². The van der Waals surface area contributed by atoms with Crippen LogP contribution in [0.5, 0.6) is 0 Å². The fourth-order valence-corrected chi connectivity index (χ4v) is 1.39. The fourth-order valence-electron chi connectivity index (χ4n) is 1.39. The largest absolute Gasteiger partial charge is 0.464 e. The van der Waals surface area contributed by atoms with Crippen molar-refractivity contribution >= 4 is 18.4 Å². The Hall–Kier alpha value is -1.81. The summed E-state index contributed by atoms with van der Waals surface area (Å²) in [6.45, 7) is 2.02. The molecule has 1 aromatic heterocycles. The number of H-pyrrole nitrogens is 1. The summed E-state index contributed by atoms with van der Waals surface area (Å²) in [4.78, 5) is 18.3. The monoisotopic (exact) mass is 252 g/mol.